The molecule has 2 saturated heterocycles. The number of aromatic nitrogens is 2. The standard InChI is InChI=1S/C18H26N4O4S/c1-20(13-7-11-27(25,26)12-13)18(24)16-19-15(14-6-2-3-10-22(14)16)17(23)21-8-4-5-9-21/h13H,2-12H2,1H3. The number of rotatable bonds is 3. The monoisotopic (exact) mass is 394 g/mol. The fourth-order valence-electron chi connectivity index (χ4n) is 4.35. The van der Waals surface area contributed by atoms with Gasteiger partial charge in [-0.3, -0.25) is 9.59 Å². The molecule has 0 radical (unpaired) electrons. The Morgan fingerprint density at radius 3 is 2.48 bits per heavy atom. The summed E-state index contributed by atoms with van der Waals surface area (Å²) in [6.45, 7) is 2.16. The van der Waals surface area contributed by atoms with Crippen molar-refractivity contribution in [2.24, 2.45) is 0 Å². The first-order chi connectivity index (χ1) is 12.9. The minimum Gasteiger partial charge on any atom is -0.337 e. The van der Waals surface area contributed by atoms with Crippen LogP contribution in [0.4, 0.5) is 0 Å². The van der Waals surface area contributed by atoms with Gasteiger partial charge in [0.2, 0.25) is 0 Å². The van der Waals surface area contributed by atoms with Crippen molar-refractivity contribution in [2.45, 2.75) is 51.1 Å². The Morgan fingerprint density at radius 1 is 1.11 bits per heavy atom. The molecule has 3 aliphatic rings. The largest absolute Gasteiger partial charge is 0.337 e. The van der Waals surface area contributed by atoms with E-state index in [1.807, 2.05) is 9.47 Å². The molecule has 9 heteroatoms. The molecule has 0 N–H and O–H groups in total. The van der Waals surface area contributed by atoms with Gasteiger partial charge < -0.3 is 14.4 Å². The van der Waals surface area contributed by atoms with E-state index in [2.05, 4.69) is 4.98 Å². The first-order valence-electron chi connectivity index (χ1n) is 9.73. The maximum atomic E-state index is 13.1. The highest BCUT2D eigenvalue weighted by Crippen LogP contribution is 2.25. The number of hydrogen-bond donors (Lipinski definition) is 0. The zero-order chi connectivity index (χ0) is 19.2. The molecule has 3 aliphatic heterocycles. The molecule has 1 aromatic rings. The summed E-state index contributed by atoms with van der Waals surface area (Å²) in [5.74, 6) is 0.0267. The number of sulfone groups is 1. The minimum absolute atomic E-state index is 0.00235. The van der Waals surface area contributed by atoms with Gasteiger partial charge in [0.05, 0.1) is 17.2 Å². The van der Waals surface area contributed by atoms with E-state index in [4.69, 9.17) is 0 Å². The van der Waals surface area contributed by atoms with Crippen molar-refractivity contribution < 1.29 is 18.0 Å². The van der Waals surface area contributed by atoms with Crippen LogP contribution in [0.25, 0.3) is 0 Å². The Bertz CT molecular complexity index is 870. The predicted octanol–water partition coefficient (Wildman–Crippen LogP) is 0.715. The SMILES string of the molecule is CN(C(=O)c1nc(C(=O)N2CCCC2)c2n1CCCC2)C1CCS(=O)(=O)C1. The van der Waals surface area contributed by atoms with Crippen LogP contribution in [0.3, 0.4) is 0 Å². The molecule has 1 atom stereocenters. The summed E-state index contributed by atoms with van der Waals surface area (Å²) in [5.41, 5.74) is 1.27. The van der Waals surface area contributed by atoms with Crippen molar-refractivity contribution in [3.8, 4) is 0 Å². The molecule has 4 rings (SSSR count). The van der Waals surface area contributed by atoms with E-state index in [9.17, 15) is 18.0 Å². The number of carbonyl (C=O) groups is 2. The minimum atomic E-state index is -3.07. The quantitative estimate of drug-likeness (QED) is 0.753. The van der Waals surface area contributed by atoms with Crippen molar-refractivity contribution in [1.82, 2.24) is 19.4 Å². The van der Waals surface area contributed by atoms with Gasteiger partial charge in [0, 0.05) is 32.7 Å². The summed E-state index contributed by atoms with van der Waals surface area (Å²) in [4.78, 5) is 33.8. The summed E-state index contributed by atoms with van der Waals surface area (Å²) < 4.78 is 25.4. The van der Waals surface area contributed by atoms with Crippen molar-refractivity contribution in [3.63, 3.8) is 0 Å². The lowest BCUT2D eigenvalue weighted by Gasteiger charge is -2.24. The second-order valence-corrected chi connectivity index (χ2v) is 10.0. The molecule has 27 heavy (non-hydrogen) atoms. The van der Waals surface area contributed by atoms with E-state index < -0.39 is 9.84 Å². The van der Waals surface area contributed by atoms with Crippen LogP contribution < -0.4 is 0 Å². The van der Waals surface area contributed by atoms with Crippen LogP contribution in [0.1, 0.15) is 58.9 Å². The van der Waals surface area contributed by atoms with Crippen LogP contribution in [0.15, 0.2) is 0 Å². The number of amides is 2. The Morgan fingerprint density at radius 2 is 1.81 bits per heavy atom. The van der Waals surface area contributed by atoms with Gasteiger partial charge in [-0.2, -0.15) is 0 Å². The normalized spacial score (nSPS) is 24.0. The Labute approximate surface area is 159 Å². The number of fused-ring (bicyclic) bond motifs is 1. The molecule has 148 valence electrons. The molecule has 4 heterocycles. The highest BCUT2D eigenvalue weighted by molar-refractivity contribution is 7.91. The number of nitrogens with zero attached hydrogens (tertiary/aromatic N) is 4. The first kappa shape index (κ1) is 18.5. The molecule has 8 nitrogen and oxygen atoms in total. The smallest absolute Gasteiger partial charge is 0.289 e. The van der Waals surface area contributed by atoms with Crippen LogP contribution in [0.5, 0.6) is 0 Å². The van der Waals surface area contributed by atoms with Crippen LogP contribution in [0, 0.1) is 0 Å². The number of carbonyl (C=O) groups excluding carboxylic acids is 2. The fraction of sp³-hybridized carbons (Fsp3) is 0.722. The molecule has 0 spiro atoms. The zero-order valence-corrected chi connectivity index (χ0v) is 16.5. The lowest BCUT2D eigenvalue weighted by atomic mass is 10.1. The summed E-state index contributed by atoms with van der Waals surface area (Å²) in [6.07, 6.45) is 5.15. The third-order valence-corrected chi connectivity index (χ3v) is 7.73. The molecular formula is C18H26N4O4S. The molecule has 1 unspecified atom stereocenters. The lowest BCUT2D eigenvalue weighted by molar-refractivity contribution is 0.0729. The van der Waals surface area contributed by atoms with Crippen LogP contribution in [-0.4, -0.2) is 77.3 Å². The Hall–Kier alpha value is -1.90. The van der Waals surface area contributed by atoms with Crippen LogP contribution in [0.2, 0.25) is 0 Å². The second kappa shape index (κ2) is 6.92. The molecule has 2 amide bonds. The zero-order valence-electron chi connectivity index (χ0n) is 15.7. The summed E-state index contributed by atoms with van der Waals surface area (Å²) in [6, 6.07) is -0.322. The highest BCUT2D eigenvalue weighted by Gasteiger charge is 2.36. The average Bonchev–Trinajstić information content (AvgIpc) is 3.38. The van der Waals surface area contributed by atoms with Gasteiger partial charge >= 0.3 is 0 Å². The Balaban J connectivity index is 1.64. The maximum absolute atomic E-state index is 13.1. The molecule has 1 aromatic heterocycles. The van der Waals surface area contributed by atoms with Gasteiger partial charge in [-0.1, -0.05) is 0 Å². The van der Waals surface area contributed by atoms with Gasteiger partial charge in [0.15, 0.2) is 15.7 Å². The molecule has 0 aliphatic carbocycles. The van der Waals surface area contributed by atoms with E-state index in [-0.39, 0.29) is 35.2 Å². The molecule has 0 aromatic carbocycles. The van der Waals surface area contributed by atoms with E-state index in [0.29, 0.717) is 18.7 Å². The van der Waals surface area contributed by atoms with Crippen molar-refractivity contribution in [2.75, 3.05) is 31.6 Å². The Kier molecular flexibility index (Phi) is 4.73. The maximum Gasteiger partial charge on any atom is 0.289 e. The van der Waals surface area contributed by atoms with Crippen LogP contribution in [-0.2, 0) is 22.8 Å². The third-order valence-electron chi connectivity index (χ3n) is 5.98. The van der Waals surface area contributed by atoms with E-state index in [1.54, 1.807) is 7.05 Å². The van der Waals surface area contributed by atoms with Gasteiger partial charge in [0.25, 0.3) is 11.8 Å². The van der Waals surface area contributed by atoms with E-state index >= 15 is 0 Å². The molecule has 0 saturated carbocycles. The predicted molar refractivity (Wildman–Crippen MR) is 99.5 cm³/mol. The lowest BCUT2D eigenvalue weighted by Crippen LogP contribution is -2.39. The van der Waals surface area contributed by atoms with E-state index in [0.717, 1.165) is 50.9 Å². The van der Waals surface area contributed by atoms with Crippen molar-refractivity contribution in [1.29, 1.82) is 0 Å². The first-order valence-corrected chi connectivity index (χ1v) is 11.6. The topological polar surface area (TPSA) is 92.6 Å². The molecular weight excluding hydrogens is 368 g/mol. The number of imidazole rings is 1. The third kappa shape index (κ3) is 3.37. The van der Waals surface area contributed by atoms with Crippen molar-refractivity contribution >= 4 is 21.7 Å². The van der Waals surface area contributed by atoms with Crippen LogP contribution >= 0.6 is 0 Å². The van der Waals surface area contributed by atoms with Gasteiger partial charge in [-0.15, -0.1) is 0 Å². The van der Waals surface area contributed by atoms with E-state index in [1.165, 1.54) is 4.90 Å². The highest BCUT2D eigenvalue weighted by atomic mass is 32.2. The fourth-order valence-corrected chi connectivity index (χ4v) is 6.13. The van der Waals surface area contributed by atoms with Gasteiger partial charge in [0.1, 0.15) is 5.69 Å². The summed E-state index contributed by atoms with van der Waals surface area (Å²) >= 11 is 0. The average molecular weight is 394 g/mol. The molecule has 2 fully saturated rings. The number of hydrogen-bond acceptors (Lipinski definition) is 5. The molecule has 0 bridgehead atoms. The van der Waals surface area contributed by atoms with Gasteiger partial charge in [-0.25, -0.2) is 13.4 Å². The summed E-state index contributed by atoms with van der Waals surface area (Å²) in [5, 5.41) is 0. The summed E-state index contributed by atoms with van der Waals surface area (Å²) in [7, 11) is -1.44. The second-order valence-electron chi connectivity index (χ2n) is 7.81. The van der Waals surface area contributed by atoms with Gasteiger partial charge in [-0.05, 0) is 38.5 Å². The number of likely N-dealkylation sites (tertiary alicyclic amines) is 1. The van der Waals surface area contributed by atoms with Crippen molar-refractivity contribution in [3.05, 3.63) is 17.2 Å².